The van der Waals surface area contributed by atoms with Gasteiger partial charge in [-0.1, -0.05) is 60.1 Å². The third-order valence-corrected chi connectivity index (χ3v) is 5.96. The number of carbonyl (C=O) groups excluding carboxylic acids is 1. The van der Waals surface area contributed by atoms with Crippen LogP contribution >= 0.6 is 11.6 Å². The molecule has 0 aliphatic carbocycles. The highest BCUT2D eigenvalue weighted by atomic mass is 35.5. The Balaban J connectivity index is 1.52. The predicted molar refractivity (Wildman–Crippen MR) is 114 cm³/mol. The summed E-state index contributed by atoms with van der Waals surface area (Å²) in [4.78, 5) is 12.4. The van der Waals surface area contributed by atoms with Crippen LogP contribution in [-0.4, -0.2) is 20.9 Å². The van der Waals surface area contributed by atoms with E-state index in [-0.39, 0.29) is 17.3 Å². The molecular formula is C22H21ClN2O3S. The maximum Gasteiger partial charge on any atom is 0.251 e. The summed E-state index contributed by atoms with van der Waals surface area (Å²) in [6.07, 6.45) is 0.760. The monoisotopic (exact) mass is 428 g/mol. The van der Waals surface area contributed by atoms with Crippen LogP contribution in [-0.2, 0) is 23.0 Å². The number of benzene rings is 3. The third kappa shape index (κ3) is 6.15. The number of hydrogen-bond acceptors (Lipinski definition) is 3. The summed E-state index contributed by atoms with van der Waals surface area (Å²) in [7, 11) is -3.66. The average molecular weight is 429 g/mol. The lowest BCUT2D eigenvalue weighted by atomic mass is 10.1. The first-order valence-electron chi connectivity index (χ1n) is 9.10. The first kappa shape index (κ1) is 21.0. The molecule has 29 heavy (non-hydrogen) atoms. The zero-order valence-electron chi connectivity index (χ0n) is 15.6. The quantitative estimate of drug-likeness (QED) is 0.573. The van der Waals surface area contributed by atoms with Crippen molar-refractivity contribution in [1.82, 2.24) is 10.0 Å². The lowest BCUT2D eigenvalue weighted by Crippen LogP contribution is -2.26. The lowest BCUT2D eigenvalue weighted by Gasteiger charge is -2.09. The highest BCUT2D eigenvalue weighted by Crippen LogP contribution is 2.15. The van der Waals surface area contributed by atoms with Gasteiger partial charge in [0.2, 0.25) is 10.0 Å². The zero-order valence-corrected chi connectivity index (χ0v) is 17.2. The summed E-state index contributed by atoms with van der Waals surface area (Å²) in [5.41, 5.74) is 2.44. The van der Waals surface area contributed by atoms with Gasteiger partial charge in [0.05, 0.1) is 4.90 Å². The summed E-state index contributed by atoms with van der Waals surface area (Å²) in [6, 6.07) is 22.8. The molecule has 0 saturated carbocycles. The Morgan fingerprint density at radius 1 is 0.862 bits per heavy atom. The van der Waals surface area contributed by atoms with Gasteiger partial charge >= 0.3 is 0 Å². The molecular weight excluding hydrogens is 408 g/mol. The molecule has 0 radical (unpaired) electrons. The van der Waals surface area contributed by atoms with Crippen LogP contribution in [0.4, 0.5) is 0 Å². The van der Waals surface area contributed by atoms with Gasteiger partial charge in [-0.15, -0.1) is 0 Å². The Hall–Kier alpha value is -2.67. The van der Waals surface area contributed by atoms with E-state index in [1.807, 2.05) is 30.3 Å². The lowest BCUT2D eigenvalue weighted by molar-refractivity contribution is 0.0954. The minimum absolute atomic E-state index is 0.111. The Bertz CT molecular complexity index is 1070. The molecule has 150 valence electrons. The van der Waals surface area contributed by atoms with Gasteiger partial charge < -0.3 is 5.32 Å². The second kappa shape index (κ2) is 9.69. The Labute approximate surface area is 175 Å². The van der Waals surface area contributed by atoms with Gasteiger partial charge in [0.1, 0.15) is 0 Å². The first-order chi connectivity index (χ1) is 13.9. The van der Waals surface area contributed by atoms with Crippen LogP contribution in [0.15, 0.2) is 83.8 Å². The van der Waals surface area contributed by atoms with E-state index in [2.05, 4.69) is 10.0 Å². The van der Waals surface area contributed by atoms with Gasteiger partial charge in [-0.3, -0.25) is 4.79 Å². The number of nitrogens with one attached hydrogen (secondary N) is 2. The molecule has 3 aromatic carbocycles. The van der Waals surface area contributed by atoms with Crippen LogP contribution in [0.3, 0.4) is 0 Å². The van der Waals surface area contributed by atoms with E-state index in [1.165, 1.54) is 12.1 Å². The first-order valence-corrected chi connectivity index (χ1v) is 11.0. The van der Waals surface area contributed by atoms with Crippen molar-refractivity contribution in [3.8, 4) is 0 Å². The highest BCUT2D eigenvalue weighted by molar-refractivity contribution is 7.89. The molecule has 5 nitrogen and oxygen atoms in total. The SMILES string of the molecule is O=C(NCCc1ccccc1)c1ccc(CNS(=O)(=O)c2cccc(Cl)c2)cc1. The van der Waals surface area contributed by atoms with E-state index in [0.717, 1.165) is 17.5 Å². The smallest absolute Gasteiger partial charge is 0.251 e. The molecule has 0 aliphatic heterocycles. The van der Waals surface area contributed by atoms with E-state index >= 15 is 0 Å². The van der Waals surface area contributed by atoms with Crippen molar-refractivity contribution >= 4 is 27.5 Å². The Morgan fingerprint density at radius 2 is 1.59 bits per heavy atom. The van der Waals surface area contributed by atoms with Gasteiger partial charge in [-0.2, -0.15) is 0 Å². The molecule has 0 unspecified atom stereocenters. The van der Waals surface area contributed by atoms with Crippen LogP contribution in [0.25, 0.3) is 0 Å². The van der Waals surface area contributed by atoms with Crippen molar-refractivity contribution in [1.29, 1.82) is 0 Å². The van der Waals surface area contributed by atoms with Gasteiger partial charge in [-0.05, 0) is 47.9 Å². The van der Waals surface area contributed by atoms with E-state index < -0.39 is 10.0 Å². The van der Waals surface area contributed by atoms with E-state index in [0.29, 0.717) is 17.1 Å². The van der Waals surface area contributed by atoms with Crippen molar-refractivity contribution < 1.29 is 13.2 Å². The maximum absolute atomic E-state index is 12.3. The Morgan fingerprint density at radius 3 is 2.28 bits per heavy atom. The van der Waals surface area contributed by atoms with E-state index in [9.17, 15) is 13.2 Å². The van der Waals surface area contributed by atoms with Crippen molar-refractivity contribution in [3.05, 3.63) is 101 Å². The third-order valence-electron chi connectivity index (χ3n) is 4.33. The van der Waals surface area contributed by atoms with Gasteiger partial charge in [0, 0.05) is 23.7 Å². The van der Waals surface area contributed by atoms with Gasteiger partial charge in [0.25, 0.3) is 5.91 Å². The number of carbonyl (C=O) groups is 1. The summed E-state index contributed by atoms with van der Waals surface area (Å²) < 4.78 is 27.2. The second-order valence-electron chi connectivity index (χ2n) is 6.47. The van der Waals surface area contributed by atoms with Crippen LogP contribution in [0.5, 0.6) is 0 Å². The molecule has 0 atom stereocenters. The predicted octanol–water partition coefficient (Wildman–Crippen LogP) is 3.79. The number of hydrogen-bond donors (Lipinski definition) is 2. The molecule has 0 aromatic heterocycles. The van der Waals surface area contributed by atoms with E-state index in [4.69, 9.17) is 11.6 Å². The van der Waals surface area contributed by atoms with Crippen LogP contribution in [0.2, 0.25) is 5.02 Å². The maximum atomic E-state index is 12.3. The van der Waals surface area contributed by atoms with Crippen molar-refractivity contribution in [2.24, 2.45) is 0 Å². The summed E-state index contributed by atoms with van der Waals surface area (Å²) in [6.45, 7) is 0.661. The van der Waals surface area contributed by atoms with Crippen molar-refractivity contribution in [2.75, 3.05) is 6.54 Å². The standard InChI is InChI=1S/C22H21ClN2O3S/c23-20-7-4-8-21(15-20)29(27,28)25-16-18-9-11-19(12-10-18)22(26)24-14-13-17-5-2-1-3-6-17/h1-12,15,25H,13-14,16H2,(H,24,26). The summed E-state index contributed by atoms with van der Waals surface area (Å²) in [5.74, 6) is -0.160. The molecule has 2 N–H and O–H groups in total. The molecule has 3 aromatic rings. The van der Waals surface area contributed by atoms with Crippen LogP contribution < -0.4 is 10.0 Å². The molecule has 7 heteroatoms. The molecule has 0 bridgehead atoms. The fourth-order valence-electron chi connectivity index (χ4n) is 2.74. The molecule has 0 heterocycles. The topological polar surface area (TPSA) is 75.3 Å². The van der Waals surface area contributed by atoms with Crippen LogP contribution in [0, 0.1) is 0 Å². The minimum Gasteiger partial charge on any atom is -0.352 e. The number of halogens is 1. The average Bonchev–Trinajstić information content (AvgIpc) is 2.73. The molecule has 0 aliphatic rings. The second-order valence-corrected chi connectivity index (χ2v) is 8.67. The fourth-order valence-corrected chi connectivity index (χ4v) is 4.06. The highest BCUT2D eigenvalue weighted by Gasteiger charge is 2.14. The molecule has 1 amide bonds. The molecule has 0 fully saturated rings. The molecule has 3 rings (SSSR count). The van der Waals surface area contributed by atoms with Crippen LogP contribution in [0.1, 0.15) is 21.5 Å². The summed E-state index contributed by atoms with van der Waals surface area (Å²) in [5, 5.41) is 3.24. The zero-order chi connectivity index (χ0) is 20.7. The van der Waals surface area contributed by atoms with Crippen molar-refractivity contribution in [2.45, 2.75) is 17.9 Å². The fraction of sp³-hybridized carbons (Fsp3) is 0.136. The minimum atomic E-state index is -3.66. The Kier molecular flexibility index (Phi) is 7.04. The number of amides is 1. The number of rotatable bonds is 8. The molecule has 0 saturated heterocycles. The van der Waals surface area contributed by atoms with Gasteiger partial charge in [-0.25, -0.2) is 13.1 Å². The number of sulfonamides is 1. The van der Waals surface area contributed by atoms with Gasteiger partial charge in [0.15, 0.2) is 0 Å². The van der Waals surface area contributed by atoms with E-state index in [1.54, 1.807) is 36.4 Å². The summed E-state index contributed by atoms with van der Waals surface area (Å²) >= 11 is 5.86. The van der Waals surface area contributed by atoms with Crippen molar-refractivity contribution in [3.63, 3.8) is 0 Å². The normalized spacial score (nSPS) is 11.2. The molecule has 0 spiro atoms. The largest absolute Gasteiger partial charge is 0.352 e.